The summed E-state index contributed by atoms with van der Waals surface area (Å²) in [5.41, 5.74) is 1.30. The van der Waals surface area contributed by atoms with Crippen LogP contribution in [0.4, 0.5) is 5.69 Å². The minimum atomic E-state index is -1.23. The first-order valence-corrected chi connectivity index (χ1v) is 11.1. The van der Waals surface area contributed by atoms with E-state index in [-0.39, 0.29) is 32.6 Å². The summed E-state index contributed by atoms with van der Waals surface area (Å²) in [6.07, 6.45) is 0.831. The van der Waals surface area contributed by atoms with Gasteiger partial charge in [-0.1, -0.05) is 12.1 Å². The second-order valence-corrected chi connectivity index (χ2v) is 8.03. The van der Waals surface area contributed by atoms with Gasteiger partial charge in [0, 0.05) is 25.7 Å². The van der Waals surface area contributed by atoms with Crippen LogP contribution in [0.1, 0.15) is 5.56 Å². The van der Waals surface area contributed by atoms with Gasteiger partial charge in [0.25, 0.3) is 0 Å². The minimum absolute atomic E-state index is 0.00129. The molecule has 0 fully saturated rings. The summed E-state index contributed by atoms with van der Waals surface area (Å²) in [6.45, 7) is -2.13. The SMILES string of the molecule is O=CCN(CCN(CC(=O)O)CC(=O)O)CC(Cc1ccc(N=C=S)cc1)N(CC(=O)O)CC(=O)O. The molecule has 0 radical (unpaired) electrons. The van der Waals surface area contributed by atoms with Crippen LogP contribution in [0.5, 0.6) is 0 Å². The van der Waals surface area contributed by atoms with Crippen LogP contribution in [0.25, 0.3) is 0 Å². The van der Waals surface area contributed by atoms with Crippen LogP contribution < -0.4 is 0 Å². The van der Waals surface area contributed by atoms with Gasteiger partial charge in [0.1, 0.15) is 6.29 Å². The summed E-state index contributed by atoms with van der Waals surface area (Å²) in [7, 11) is 0. The number of rotatable bonds is 19. The van der Waals surface area contributed by atoms with Gasteiger partial charge >= 0.3 is 23.9 Å². The maximum Gasteiger partial charge on any atom is 0.317 e. The molecule has 0 aromatic heterocycles. The fourth-order valence-electron chi connectivity index (χ4n) is 3.54. The average Bonchev–Trinajstić information content (AvgIpc) is 2.76. The van der Waals surface area contributed by atoms with Gasteiger partial charge in [-0.3, -0.25) is 33.9 Å². The number of nitrogens with zero attached hydrogens (tertiary/aromatic N) is 4. The first kappa shape index (κ1) is 30.5. The third-order valence-electron chi connectivity index (χ3n) is 5.03. The summed E-state index contributed by atoms with van der Waals surface area (Å²) in [4.78, 5) is 64.2. The Labute approximate surface area is 212 Å². The van der Waals surface area contributed by atoms with E-state index in [0.29, 0.717) is 12.0 Å². The fourth-order valence-corrected chi connectivity index (χ4v) is 3.65. The zero-order valence-electron chi connectivity index (χ0n) is 19.4. The molecular weight excluding hydrogens is 496 g/mol. The van der Waals surface area contributed by atoms with Crippen molar-refractivity contribution in [3.63, 3.8) is 0 Å². The smallest absolute Gasteiger partial charge is 0.317 e. The zero-order valence-corrected chi connectivity index (χ0v) is 20.2. The summed E-state index contributed by atoms with van der Waals surface area (Å²) in [5, 5.41) is 39.0. The van der Waals surface area contributed by atoms with E-state index < -0.39 is 56.1 Å². The van der Waals surface area contributed by atoms with Crippen molar-refractivity contribution in [3.05, 3.63) is 29.8 Å². The van der Waals surface area contributed by atoms with E-state index in [1.807, 2.05) is 0 Å². The number of isothiocyanates is 1. The van der Waals surface area contributed by atoms with Crippen molar-refractivity contribution in [1.29, 1.82) is 0 Å². The molecule has 0 saturated heterocycles. The maximum absolute atomic E-state index is 11.4. The number of thiocarbonyl (C=S) groups is 1. The molecule has 0 spiro atoms. The lowest BCUT2D eigenvalue weighted by atomic mass is 10.0. The number of hydrogen-bond donors (Lipinski definition) is 4. The van der Waals surface area contributed by atoms with E-state index in [4.69, 9.17) is 10.2 Å². The first-order chi connectivity index (χ1) is 17.0. The summed E-state index contributed by atoms with van der Waals surface area (Å²) < 4.78 is 0. The number of benzene rings is 1. The Morgan fingerprint density at radius 3 is 1.81 bits per heavy atom. The van der Waals surface area contributed by atoms with Crippen LogP contribution in [0, 0.1) is 0 Å². The largest absolute Gasteiger partial charge is 0.480 e. The zero-order chi connectivity index (χ0) is 27.1. The van der Waals surface area contributed by atoms with Crippen molar-refractivity contribution < 1.29 is 44.4 Å². The van der Waals surface area contributed by atoms with Crippen molar-refractivity contribution in [1.82, 2.24) is 14.7 Å². The average molecular weight is 525 g/mol. The number of aldehydes is 1. The Hall–Kier alpha value is -3.55. The molecule has 0 aliphatic heterocycles. The van der Waals surface area contributed by atoms with Crippen LogP contribution in [0.3, 0.4) is 0 Å². The van der Waals surface area contributed by atoms with Crippen molar-refractivity contribution in [2.45, 2.75) is 12.5 Å². The molecule has 0 amide bonds. The number of aliphatic carboxylic acids is 4. The highest BCUT2D eigenvalue weighted by Gasteiger charge is 2.26. The fraction of sp³-hybridized carbons (Fsp3) is 0.455. The van der Waals surface area contributed by atoms with E-state index >= 15 is 0 Å². The lowest BCUT2D eigenvalue weighted by Gasteiger charge is -2.34. The minimum Gasteiger partial charge on any atom is -0.480 e. The van der Waals surface area contributed by atoms with Gasteiger partial charge in [-0.2, -0.15) is 4.99 Å². The molecule has 0 saturated carbocycles. The van der Waals surface area contributed by atoms with Crippen molar-refractivity contribution in [2.24, 2.45) is 4.99 Å². The monoisotopic (exact) mass is 524 g/mol. The van der Waals surface area contributed by atoms with Gasteiger partial charge in [-0.05, 0) is 36.3 Å². The molecule has 13 nitrogen and oxygen atoms in total. The normalized spacial score (nSPS) is 11.8. The molecule has 1 unspecified atom stereocenters. The molecular formula is C22H28N4O9S. The molecule has 0 heterocycles. The molecule has 1 aromatic carbocycles. The number of carboxylic acid groups (broad SMARTS) is 4. The summed E-state index contributed by atoms with van der Waals surface area (Å²) >= 11 is 4.58. The Kier molecular flexibility index (Phi) is 13.7. The maximum atomic E-state index is 11.4. The Morgan fingerprint density at radius 1 is 0.861 bits per heavy atom. The molecule has 36 heavy (non-hydrogen) atoms. The molecule has 0 bridgehead atoms. The Balaban J connectivity index is 3.17. The van der Waals surface area contributed by atoms with E-state index in [1.54, 1.807) is 29.2 Å². The van der Waals surface area contributed by atoms with E-state index in [2.05, 4.69) is 22.4 Å². The first-order valence-electron chi connectivity index (χ1n) is 10.7. The second-order valence-electron chi connectivity index (χ2n) is 7.84. The van der Waals surface area contributed by atoms with Crippen LogP contribution in [0.2, 0.25) is 0 Å². The molecule has 1 atom stereocenters. The van der Waals surface area contributed by atoms with Crippen molar-refractivity contribution in [2.75, 3.05) is 52.4 Å². The highest BCUT2D eigenvalue weighted by molar-refractivity contribution is 7.78. The molecule has 1 aromatic rings. The van der Waals surface area contributed by atoms with E-state index in [1.165, 1.54) is 9.80 Å². The molecule has 196 valence electrons. The molecule has 0 aliphatic carbocycles. The number of carbonyl (C=O) groups excluding carboxylic acids is 1. The van der Waals surface area contributed by atoms with E-state index in [0.717, 1.165) is 5.56 Å². The van der Waals surface area contributed by atoms with Gasteiger partial charge in [0.15, 0.2) is 0 Å². The molecule has 0 aliphatic rings. The van der Waals surface area contributed by atoms with E-state index in [9.17, 15) is 34.2 Å². The van der Waals surface area contributed by atoms with Crippen LogP contribution in [-0.4, -0.2) is 129 Å². The molecule has 1 rings (SSSR count). The van der Waals surface area contributed by atoms with Gasteiger partial charge in [0.2, 0.25) is 0 Å². The number of aliphatic imine (C=N–C) groups is 1. The highest BCUT2D eigenvalue weighted by Crippen LogP contribution is 2.16. The number of carbonyl (C=O) groups is 5. The van der Waals surface area contributed by atoms with Crippen LogP contribution in [-0.2, 0) is 30.4 Å². The van der Waals surface area contributed by atoms with Gasteiger partial charge in [0.05, 0.1) is 43.6 Å². The lowest BCUT2D eigenvalue weighted by molar-refractivity contribution is -0.144. The standard InChI is InChI=1S/C22H28N4O9S/c27-8-7-24(5-6-25(11-19(28)29)12-20(30)31)10-18(26(13-21(32)33)14-22(34)35)9-16-1-3-17(4-2-16)23-15-36/h1-4,8,18H,5-7,9-14H2,(H,28,29)(H,30,31)(H,32,33)(H,34,35). The highest BCUT2D eigenvalue weighted by atomic mass is 32.1. The third kappa shape index (κ3) is 12.8. The van der Waals surface area contributed by atoms with Gasteiger partial charge in [-0.25, -0.2) is 0 Å². The molecule has 14 heteroatoms. The Morgan fingerprint density at radius 2 is 1.36 bits per heavy atom. The summed E-state index contributed by atoms with van der Waals surface area (Å²) in [6, 6.07) is 6.13. The third-order valence-corrected chi connectivity index (χ3v) is 5.12. The van der Waals surface area contributed by atoms with Crippen molar-refractivity contribution in [3.8, 4) is 0 Å². The molecule has 4 N–H and O–H groups in total. The predicted octanol–water partition coefficient (Wildman–Crippen LogP) is -0.225. The number of carboxylic acids is 4. The topological polar surface area (TPSA) is 188 Å². The quantitative estimate of drug-likeness (QED) is 0.106. The predicted molar refractivity (Wildman–Crippen MR) is 130 cm³/mol. The van der Waals surface area contributed by atoms with Crippen LogP contribution in [0.15, 0.2) is 29.3 Å². The van der Waals surface area contributed by atoms with Crippen molar-refractivity contribution >= 4 is 53.2 Å². The van der Waals surface area contributed by atoms with Gasteiger partial charge in [-0.15, -0.1) is 0 Å². The van der Waals surface area contributed by atoms with Crippen LogP contribution >= 0.6 is 12.2 Å². The second kappa shape index (κ2) is 16.2. The number of hydrogen-bond acceptors (Lipinski definition) is 10. The lowest BCUT2D eigenvalue weighted by Crippen LogP contribution is -2.51. The summed E-state index contributed by atoms with van der Waals surface area (Å²) in [5.74, 6) is -4.90. The van der Waals surface area contributed by atoms with Gasteiger partial charge < -0.3 is 25.2 Å². The Bertz CT molecular complexity index is 935.